The molecule has 0 spiro atoms. The normalized spacial score (nSPS) is 12.3. The molecular weight excluding hydrogens is 254 g/mol. The van der Waals surface area contributed by atoms with Crippen LogP contribution < -0.4 is 14.8 Å². The van der Waals surface area contributed by atoms with E-state index in [0.717, 1.165) is 17.1 Å². The van der Waals surface area contributed by atoms with E-state index in [1.807, 2.05) is 39.0 Å². The highest BCUT2D eigenvalue weighted by molar-refractivity contribution is 5.43. The minimum Gasteiger partial charge on any atom is -0.493 e. The Balaban J connectivity index is 2.81. The number of aliphatic hydroxyl groups is 1. The molecular formula is C16H27NO3. The van der Waals surface area contributed by atoms with E-state index in [9.17, 15) is 5.11 Å². The molecule has 20 heavy (non-hydrogen) atoms. The molecule has 0 aliphatic rings. The van der Waals surface area contributed by atoms with E-state index in [2.05, 4.69) is 5.32 Å². The molecule has 2 N–H and O–H groups in total. The van der Waals surface area contributed by atoms with Crippen LogP contribution in [0.4, 0.5) is 0 Å². The Bertz CT molecular complexity index is 436. The van der Waals surface area contributed by atoms with Crippen molar-refractivity contribution >= 4 is 0 Å². The molecule has 0 aliphatic carbocycles. The standard InChI is InChI=1S/C16H27NO3/c1-7-20-14-10-12(8-9-13(14)19-6)11-17-15(2,3)16(4,5)18/h8-10,17-18H,7,11H2,1-6H3. The average molecular weight is 281 g/mol. The first-order valence-corrected chi connectivity index (χ1v) is 6.98. The molecule has 0 saturated heterocycles. The molecule has 0 atom stereocenters. The Morgan fingerprint density at radius 3 is 2.30 bits per heavy atom. The summed E-state index contributed by atoms with van der Waals surface area (Å²) in [6.07, 6.45) is 0. The summed E-state index contributed by atoms with van der Waals surface area (Å²) in [6.45, 7) is 10.8. The van der Waals surface area contributed by atoms with Crippen molar-refractivity contribution in [1.82, 2.24) is 5.32 Å². The molecule has 1 rings (SSSR count). The van der Waals surface area contributed by atoms with Gasteiger partial charge in [-0.2, -0.15) is 0 Å². The molecule has 0 radical (unpaired) electrons. The molecule has 4 heteroatoms. The number of ether oxygens (including phenoxy) is 2. The third-order valence-corrected chi connectivity index (χ3v) is 3.79. The van der Waals surface area contributed by atoms with Gasteiger partial charge in [-0.05, 0) is 52.3 Å². The van der Waals surface area contributed by atoms with Gasteiger partial charge in [-0.15, -0.1) is 0 Å². The highest BCUT2D eigenvalue weighted by Gasteiger charge is 2.34. The van der Waals surface area contributed by atoms with E-state index in [1.165, 1.54) is 0 Å². The number of rotatable bonds is 7. The summed E-state index contributed by atoms with van der Waals surface area (Å²) in [4.78, 5) is 0. The van der Waals surface area contributed by atoms with Gasteiger partial charge in [0.1, 0.15) is 0 Å². The van der Waals surface area contributed by atoms with Gasteiger partial charge in [0.2, 0.25) is 0 Å². The van der Waals surface area contributed by atoms with E-state index in [1.54, 1.807) is 21.0 Å². The lowest BCUT2D eigenvalue weighted by molar-refractivity contribution is -0.00532. The minimum atomic E-state index is -0.803. The summed E-state index contributed by atoms with van der Waals surface area (Å²) in [5.74, 6) is 1.48. The Morgan fingerprint density at radius 1 is 1.15 bits per heavy atom. The molecule has 0 bridgehead atoms. The van der Waals surface area contributed by atoms with Gasteiger partial charge in [0, 0.05) is 12.1 Å². The van der Waals surface area contributed by atoms with Gasteiger partial charge in [-0.25, -0.2) is 0 Å². The average Bonchev–Trinajstić information content (AvgIpc) is 2.36. The fourth-order valence-electron chi connectivity index (χ4n) is 1.64. The smallest absolute Gasteiger partial charge is 0.161 e. The van der Waals surface area contributed by atoms with Crippen LogP contribution >= 0.6 is 0 Å². The highest BCUT2D eigenvalue weighted by atomic mass is 16.5. The van der Waals surface area contributed by atoms with Gasteiger partial charge in [-0.3, -0.25) is 0 Å². The summed E-state index contributed by atoms with van der Waals surface area (Å²) < 4.78 is 10.8. The molecule has 0 unspecified atom stereocenters. The largest absolute Gasteiger partial charge is 0.493 e. The molecule has 0 amide bonds. The van der Waals surface area contributed by atoms with Gasteiger partial charge in [0.15, 0.2) is 11.5 Å². The lowest BCUT2D eigenvalue weighted by Crippen LogP contribution is -2.55. The van der Waals surface area contributed by atoms with Crippen LogP contribution in [0.15, 0.2) is 18.2 Å². The molecule has 0 saturated carbocycles. The van der Waals surface area contributed by atoms with Crippen molar-refractivity contribution in [3.63, 3.8) is 0 Å². The summed E-state index contributed by atoms with van der Waals surface area (Å²) in [6, 6.07) is 5.86. The number of nitrogens with one attached hydrogen (secondary N) is 1. The zero-order chi connectivity index (χ0) is 15.4. The topological polar surface area (TPSA) is 50.7 Å². The molecule has 1 aromatic carbocycles. The van der Waals surface area contributed by atoms with Crippen LogP contribution in [0.2, 0.25) is 0 Å². The highest BCUT2D eigenvalue weighted by Crippen LogP contribution is 2.28. The lowest BCUT2D eigenvalue weighted by atomic mass is 9.86. The fraction of sp³-hybridized carbons (Fsp3) is 0.625. The van der Waals surface area contributed by atoms with Gasteiger partial charge in [0.05, 0.1) is 19.3 Å². The summed E-state index contributed by atoms with van der Waals surface area (Å²) in [5.41, 5.74) is -0.104. The summed E-state index contributed by atoms with van der Waals surface area (Å²) in [5, 5.41) is 13.5. The maximum Gasteiger partial charge on any atom is 0.161 e. The van der Waals surface area contributed by atoms with Crippen molar-refractivity contribution in [2.24, 2.45) is 0 Å². The van der Waals surface area contributed by atoms with E-state index in [4.69, 9.17) is 9.47 Å². The van der Waals surface area contributed by atoms with E-state index < -0.39 is 11.1 Å². The first-order valence-electron chi connectivity index (χ1n) is 6.98. The van der Waals surface area contributed by atoms with Crippen LogP contribution in [0.5, 0.6) is 11.5 Å². The Labute approximate surface area is 122 Å². The molecule has 1 aromatic rings. The van der Waals surface area contributed by atoms with Crippen LogP contribution in [0.25, 0.3) is 0 Å². The van der Waals surface area contributed by atoms with E-state index >= 15 is 0 Å². The second-order valence-electron chi connectivity index (χ2n) is 5.96. The van der Waals surface area contributed by atoms with Crippen LogP contribution in [0.1, 0.15) is 40.2 Å². The first kappa shape index (κ1) is 16.8. The maximum absolute atomic E-state index is 10.1. The van der Waals surface area contributed by atoms with Crippen LogP contribution in [0.3, 0.4) is 0 Å². The zero-order valence-corrected chi connectivity index (χ0v) is 13.4. The fourth-order valence-corrected chi connectivity index (χ4v) is 1.64. The second-order valence-corrected chi connectivity index (χ2v) is 5.96. The third-order valence-electron chi connectivity index (χ3n) is 3.79. The first-order chi connectivity index (χ1) is 9.21. The molecule has 0 fully saturated rings. The van der Waals surface area contributed by atoms with Gasteiger partial charge in [-0.1, -0.05) is 6.07 Å². The number of methoxy groups -OCH3 is 1. The summed E-state index contributed by atoms with van der Waals surface area (Å²) in [7, 11) is 1.63. The van der Waals surface area contributed by atoms with E-state index in [-0.39, 0.29) is 0 Å². The lowest BCUT2D eigenvalue weighted by Gasteiger charge is -2.38. The van der Waals surface area contributed by atoms with Gasteiger partial charge in [0.25, 0.3) is 0 Å². The van der Waals surface area contributed by atoms with Crippen molar-refractivity contribution in [3.05, 3.63) is 23.8 Å². The predicted octanol–water partition coefficient (Wildman–Crippen LogP) is 2.73. The zero-order valence-electron chi connectivity index (χ0n) is 13.4. The quantitative estimate of drug-likeness (QED) is 0.807. The van der Waals surface area contributed by atoms with Crippen molar-refractivity contribution in [2.75, 3.05) is 13.7 Å². The third kappa shape index (κ3) is 4.12. The SMILES string of the molecule is CCOc1cc(CNC(C)(C)C(C)(C)O)ccc1OC. The Kier molecular flexibility index (Phi) is 5.42. The van der Waals surface area contributed by atoms with Crippen molar-refractivity contribution in [3.8, 4) is 11.5 Å². The molecule has 4 nitrogen and oxygen atoms in total. The molecule has 114 valence electrons. The van der Waals surface area contributed by atoms with Gasteiger partial charge >= 0.3 is 0 Å². The van der Waals surface area contributed by atoms with Crippen molar-refractivity contribution < 1.29 is 14.6 Å². The van der Waals surface area contributed by atoms with Crippen molar-refractivity contribution in [2.45, 2.75) is 52.3 Å². The monoisotopic (exact) mass is 281 g/mol. The Hall–Kier alpha value is -1.26. The molecule has 0 aromatic heterocycles. The number of hydrogen-bond acceptors (Lipinski definition) is 4. The minimum absolute atomic E-state index is 0.390. The molecule has 0 heterocycles. The molecule has 0 aliphatic heterocycles. The summed E-state index contributed by atoms with van der Waals surface area (Å²) >= 11 is 0. The second kappa shape index (κ2) is 6.46. The predicted molar refractivity (Wildman–Crippen MR) is 81.4 cm³/mol. The number of hydrogen-bond donors (Lipinski definition) is 2. The van der Waals surface area contributed by atoms with E-state index in [0.29, 0.717) is 13.2 Å². The van der Waals surface area contributed by atoms with Crippen LogP contribution in [0, 0.1) is 0 Å². The van der Waals surface area contributed by atoms with Crippen LogP contribution in [-0.2, 0) is 6.54 Å². The van der Waals surface area contributed by atoms with Crippen molar-refractivity contribution in [1.29, 1.82) is 0 Å². The van der Waals surface area contributed by atoms with Gasteiger partial charge < -0.3 is 19.9 Å². The van der Waals surface area contributed by atoms with Crippen LogP contribution in [-0.4, -0.2) is 30.0 Å². The Morgan fingerprint density at radius 2 is 1.80 bits per heavy atom. The maximum atomic E-state index is 10.1. The number of benzene rings is 1.